The second kappa shape index (κ2) is 8.94. The summed E-state index contributed by atoms with van der Waals surface area (Å²) in [6, 6.07) is 13.7. The van der Waals surface area contributed by atoms with Crippen molar-refractivity contribution in [1.29, 1.82) is 0 Å². The van der Waals surface area contributed by atoms with Crippen molar-refractivity contribution in [2.45, 2.75) is 25.3 Å². The Kier molecular flexibility index (Phi) is 6.04. The van der Waals surface area contributed by atoms with Crippen LogP contribution in [0.15, 0.2) is 60.8 Å². The van der Waals surface area contributed by atoms with Gasteiger partial charge in [-0.3, -0.25) is 9.59 Å². The second-order valence-electron chi connectivity index (χ2n) is 8.80. The van der Waals surface area contributed by atoms with Crippen LogP contribution in [0, 0.1) is 17.7 Å². The number of anilines is 1. The number of nitrogens with two attached hydrogens (primary N) is 1. The van der Waals surface area contributed by atoms with Crippen molar-refractivity contribution in [2.24, 2.45) is 17.6 Å². The molecule has 4 aromatic rings. The number of thiophene rings is 1. The zero-order chi connectivity index (χ0) is 25.8. The summed E-state index contributed by atoms with van der Waals surface area (Å²) in [6.07, 6.45) is 0.749. The molecule has 1 saturated heterocycles. The van der Waals surface area contributed by atoms with Gasteiger partial charge in [0.1, 0.15) is 5.82 Å². The highest BCUT2D eigenvalue weighted by atomic mass is 35.5. The SMILES string of the molecule is C[C@@H]1C(=O)N(c2ccc3c(cnn3-c3ccc(F)cc3)c2)[C@H](c2ccc(Cl)s2)[C@H]1CC(F)(F)C(N)=O. The number of fused-ring (bicyclic) bond motifs is 1. The molecular weight excluding hydrogens is 513 g/mol. The number of hydrogen-bond acceptors (Lipinski definition) is 4. The Morgan fingerprint density at radius 3 is 2.47 bits per heavy atom. The molecule has 0 saturated carbocycles. The van der Waals surface area contributed by atoms with Crippen LogP contribution >= 0.6 is 22.9 Å². The number of hydrogen-bond donors (Lipinski definition) is 1. The van der Waals surface area contributed by atoms with Crippen molar-refractivity contribution >= 4 is 51.3 Å². The Morgan fingerprint density at radius 1 is 1.14 bits per heavy atom. The number of rotatable bonds is 6. The van der Waals surface area contributed by atoms with E-state index in [2.05, 4.69) is 5.10 Å². The first-order valence-electron chi connectivity index (χ1n) is 11.1. The Morgan fingerprint density at radius 2 is 1.83 bits per heavy atom. The first-order valence-corrected chi connectivity index (χ1v) is 12.3. The molecule has 3 heterocycles. The summed E-state index contributed by atoms with van der Waals surface area (Å²) < 4.78 is 44.4. The molecule has 2 amide bonds. The van der Waals surface area contributed by atoms with Gasteiger partial charge in [0, 0.05) is 34.2 Å². The molecule has 2 N–H and O–H groups in total. The number of primary amides is 1. The minimum atomic E-state index is -3.77. The van der Waals surface area contributed by atoms with Crippen molar-refractivity contribution in [3.63, 3.8) is 0 Å². The lowest BCUT2D eigenvalue weighted by Crippen LogP contribution is -2.39. The zero-order valence-corrected chi connectivity index (χ0v) is 20.4. The maximum Gasteiger partial charge on any atom is 0.324 e. The Bertz CT molecular complexity index is 1470. The fourth-order valence-electron chi connectivity index (χ4n) is 4.76. The molecule has 0 spiro atoms. The number of amides is 2. The van der Waals surface area contributed by atoms with Crippen LogP contribution in [-0.4, -0.2) is 27.5 Å². The molecule has 2 aromatic heterocycles. The maximum atomic E-state index is 14.5. The largest absolute Gasteiger partial charge is 0.364 e. The van der Waals surface area contributed by atoms with Crippen molar-refractivity contribution in [2.75, 3.05) is 4.90 Å². The molecule has 36 heavy (non-hydrogen) atoms. The van der Waals surface area contributed by atoms with E-state index in [0.717, 1.165) is 5.52 Å². The van der Waals surface area contributed by atoms with E-state index in [1.165, 1.54) is 28.4 Å². The number of carbonyl (C=O) groups excluding carboxylic acids is 2. The summed E-state index contributed by atoms with van der Waals surface area (Å²) >= 11 is 7.34. The molecule has 1 fully saturated rings. The minimum absolute atomic E-state index is 0.347. The van der Waals surface area contributed by atoms with Crippen LogP contribution in [0.1, 0.15) is 24.3 Å². The summed E-state index contributed by atoms with van der Waals surface area (Å²) in [7, 11) is 0. The lowest BCUT2D eigenvalue weighted by atomic mass is 9.85. The molecule has 1 aliphatic rings. The van der Waals surface area contributed by atoms with E-state index in [1.807, 2.05) is 0 Å². The Labute approximate surface area is 213 Å². The second-order valence-corrected chi connectivity index (χ2v) is 10.5. The molecule has 0 radical (unpaired) electrons. The molecule has 0 unspecified atom stereocenters. The van der Waals surface area contributed by atoms with Gasteiger partial charge < -0.3 is 10.6 Å². The van der Waals surface area contributed by atoms with Gasteiger partial charge in [-0.2, -0.15) is 13.9 Å². The molecule has 186 valence electrons. The van der Waals surface area contributed by atoms with Gasteiger partial charge >= 0.3 is 5.92 Å². The van der Waals surface area contributed by atoms with Crippen LogP contribution < -0.4 is 10.6 Å². The highest BCUT2D eigenvalue weighted by molar-refractivity contribution is 7.16. The molecule has 6 nitrogen and oxygen atoms in total. The number of halogens is 4. The minimum Gasteiger partial charge on any atom is -0.364 e. The maximum absolute atomic E-state index is 14.5. The third kappa shape index (κ3) is 4.14. The summed E-state index contributed by atoms with van der Waals surface area (Å²) in [6.45, 7) is 1.58. The molecule has 3 atom stereocenters. The average molecular weight is 533 g/mol. The van der Waals surface area contributed by atoms with Gasteiger partial charge in [0.05, 0.1) is 27.8 Å². The fourth-order valence-corrected chi connectivity index (χ4v) is 5.99. The predicted molar refractivity (Wildman–Crippen MR) is 132 cm³/mol. The number of nitrogens with zero attached hydrogens (tertiary/aromatic N) is 3. The highest BCUT2D eigenvalue weighted by Crippen LogP contribution is 2.50. The smallest absolute Gasteiger partial charge is 0.324 e. The van der Waals surface area contributed by atoms with Gasteiger partial charge in [0.15, 0.2) is 0 Å². The van der Waals surface area contributed by atoms with Crippen molar-refractivity contribution in [1.82, 2.24) is 9.78 Å². The quantitative estimate of drug-likeness (QED) is 0.344. The normalized spacial score (nSPS) is 20.4. The van der Waals surface area contributed by atoms with Crippen LogP contribution in [0.2, 0.25) is 4.34 Å². The summed E-state index contributed by atoms with van der Waals surface area (Å²) in [5, 5.41) is 5.09. The van der Waals surface area contributed by atoms with E-state index < -0.39 is 36.1 Å². The van der Waals surface area contributed by atoms with Gasteiger partial charge in [-0.05, 0) is 54.6 Å². The third-order valence-electron chi connectivity index (χ3n) is 6.59. The van der Waals surface area contributed by atoms with Crippen molar-refractivity contribution in [3.05, 3.63) is 75.8 Å². The average Bonchev–Trinajstić information content (AvgIpc) is 3.51. The van der Waals surface area contributed by atoms with Crippen LogP contribution in [0.5, 0.6) is 0 Å². The molecule has 11 heteroatoms. The first-order chi connectivity index (χ1) is 17.1. The zero-order valence-electron chi connectivity index (χ0n) is 18.9. The molecule has 5 rings (SSSR count). The topological polar surface area (TPSA) is 81.2 Å². The van der Waals surface area contributed by atoms with E-state index in [9.17, 15) is 22.8 Å². The predicted octanol–water partition coefficient (Wildman–Crippen LogP) is 5.73. The summed E-state index contributed by atoms with van der Waals surface area (Å²) in [4.78, 5) is 27.0. The van der Waals surface area contributed by atoms with Crippen LogP contribution in [0.3, 0.4) is 0 Å². The monoisotopic (exact) mass is 532 g/mol. The van der Waals surface area contributed by atoms with Gasteiger partial charge in [-0.1, -0.05) is 18.5 Å². The van der Waals surface area contributed by atoms with E-state index >= 15 is 0 Å². The van der Waals surface area contributed by atoms with Crippen LogP contribution in [-0.2, 0) is 9.59 Å². The molecule has 1 aliphatic heterocycles. The third-order valence-corrected chi connectivity index (χ3v) is 7.89. The summed E-state index contributed by atoms with van der Waals surface area (Å²) in [5.74, 6) is -7.88. The van der Waals surface area contributed by atoms with Gasteiger partial charge in [-0.15, -0.1) is 11.3 Å². The van der Waals surface area contributed by atoms with E-state index in [-0.39, 0.29) is 11.7 Å². The van der Waals surface area contributed by atoms with Gasteiger partial charge in [0.2, 0.25) is 5.91 Å². The van der Waals surface area contributed by atoms with Crippen LogP contribution in [0.25, 0.3) is 16.6 Å². The van der Waals surface area contributed by atoms with Gasteiger partial charge in [0.25, 0.3) is 5.91 Å². The lowest BCUT2D eigenvalue weighted by Gasteiger charge is -2.29. The van der Waals surface area contributed by atoms with Crippen molar-refractivity contribution in [3.8, 4) is 5.69 Å². The van der Waals surface area contributed by atoms with E-state index in [0.29, 0.717) is 26.0 Å². The number of benzene rings is 2. The molecule has 0 aliphatic carbocycles. The molecular formula is C25H20ClF3N4O2S. The Hall–Kier alpha value is -3.37. The van der Waals surface area contributed by atoms with Crippen LogP contribution in [0.4, 0.5) is 18.9 Å². The number of aromatic nitrogens is 2. The standard InChI is InChI=1S/C25H20ClF3N4O2S/c1-13-18(11-25(28,29)24(30)35)22(20-8-9-21(26)36-20)32(23(13)34)17-6-7-19-14(10-17)12-31-33(19)16-4-2-15(27)3-5-16/h2-10,12-13,18,22H,11H2,1H3,(H2,30,35)/t13-,18-,22-/m0/s1. The summed E-state index contributed by atoms with van der Waals surface area (Å²) in [5.41, 5.74) is 6.82. The fraction of sp³-hybridized carbons (Fsp3) is 0.240. The highest BCUT2D eigenvalue weighted by Gasteiger charge is 2.52. The molecule has 2 aromatic carbocycles. The number of alkyl halides is 2. The van der Waals surface area contributed by atoms with Gasteiger partial charge in [-0.25, -0.2) is 9.07 Å². The van der Waals surface area contributed by atoms with Crippen molar-refractivity contribution < 1.29 is 22.8 Å². The first kappa shape index (κ1) is 24.3. The lowest BCUT2D eigenvalue weighted by molar-refractivity contribution is -0.145. The van der Waals surface area contributed by atoms with E-state index in [4.69, 9.17) is 17.3 Å². The number of carbonyl (C=O) groups is 2. The van der Waals surface area contributed by atoms with E-state index in [1.54, 1.807) is 60.3 Å². The Balaban J connectivity index is 1.58. The molecule has 0 bridgehead atoms.